The van der Waals surface area contributed by atoms with Gasteiger partial charge in [0.25, 0.3) is 5.91 Å². The van der Waals surface area contributed by atoms with Crippen molar-refractivity contribution < 1.29 is 14.3 Å². The summed E-state index contributed by atoms with van der Waals surface area (Å²) < 4.78 is 5.73. The van der Waals surface area contributed by atoms with Crippen LogP contribution in [0.2, 0.25) is 0 Å². The van der Waals surface area contributed by atoms with Crippen LogP contribution in [0, 0.1) is 13.8 Å². The van der Waals surface area contributed by atoms with Crippen LogP contribution < -0.4 is 5.32 Å². The molecule has 0 bridgehead atoms. The van der Waals surface area contributed by atoms with E-state index in [1.807, 2.05) is 44.2 Å². The van der Waals surface area contributed by atoms with Gasteiger partial charge < -0.3 is 14.8 Å². The van der Waals surface area contributed by atoms with Crippen LogP contribution in [-0.4, -0.2) is 16.0 Å². The Kier molecular flexibility index (Phi) is 4.12. The van der Waals surface area contributed by atoms with Gasteiger partial charge in [-0.2, -0.15) is 0 Å². The molecule has 0 saturated carbocycles. The molecule has 5 nitrogen and oxygen atoms in total. The van der Waals surface area contributed by atoms with Crippen LogP contribution in [0.15, 0.2) is 65.1 Å². The monoisotopic (exact) mass is 358 g/mol. The number of phenols is 1. The largest absolute Gasteiger partial charge is 0.507 e. The van der Waals surface area contributed by atoms with E-state index in [0.717, 1.165) is 16.6 Å². The Hall–Kier alpha value is -3.60. The van der Waals surface area contributed by atoms with Crippen molar-refractivity contribution in [2.75, 3.05) is 5.32 Å². The molecule has 4 rings (SSSR count). The van der Waals surface area contributed by atoms with Gasteiger partial charge in [-0.3, -0.25) is 4.79 Å². The summed E-state index contributed by atoms with van der Waals surface area (Å²) in [6.07, 6.45) is 0. The SMILES string of the molecule is Cc1ccc(C(=O)Nc2ccc(-c3nc4cc(C)ccc4o3)c(O)c2)cc1. The average Bonchev–Trinajstić information content (AvgIpc) is 3.05. The molecule has 0 radical (unpaired) electrons. The van der Waals surface area contributed by atoms with Crippen molar-refractivity contribution in [3.05, 3.63) is 77.4 Å². The molecule has 0 aliphatic carbocycles. The lowest BCUT2D eigenvalue weighted by molar-refractivity contribution is 0.102. The molecule has 5 heteroatoms. The number of carbonyl (C=O) groups excluding carboxylic acids is 1. The molecule has 0 atom stereocenters. The number of nitrogens with zero attached hydrogens (tertiary/aromatic N) is 1. The number of aromatic nitrogens is 1. The second-order valence-electron chi connectivity index (χ2n) is 6.54. The minimum absolute atomic E-state index is 0.0139. The highest BCUT2D eigenvalue weighted by Crippen LogP contribution is 2.33. The van der Waals surface area contributed by atoms with Crippen LogP contribution in [0.3, 0.4) is 0 Å². The number of phenolic OH excluding ortho intramolecular Hbond substituents is 1. The second-order valence-corrected chi connectivity index (χ2v) is 6.54. The molecule has 1 amide bonds. The lowest BCUT2D eigenvalue weighted by Crippen LogP contribution is -2.11. The normalized spacial score (nSPS) is 10.9. The Labute approximate surface area is 156 Å². The lowest BCUT2D eigenvalue weighted by Gasteiger charge is -2.07. The number of benzene rings is 3. The van der Waals surface area contributed by atoms with Gasteiger partial charge in [-0.15, -0.1) is 0 Å². The molecular formula is C22H18N2O3. The maximum atomic E-state index is 12.3. The van der Waals surface area contributed by atoms with Gasteiger partial charge in [0.2, 0.25) is 5.89 Å². The van der Waals surface area contributed by atoms with Gasteiger partial charge in [0.05, 0.1) is 5.56 Å². The van der Waals surface area contributed by atoms with Gasteiger partial charge >= 0.3 is 0 Å². The smallest absolute Gasteiger partial charge is 0.255 e. The molecular weight excluding hydrogens is 340 g/mol. The number of nitrogens with one attached hydrogen (secondary N) is 1. The zero-order chi connectivity index (χ0) is 19.0. The van der Waals surface area contributed by atoms with Crippen LogP contribution in [0.4, 0.5) is 5.69 Å². The Morgan fingerprint density at radius 2 is 1.70 bits per heavy atom. The molecule has 2 N–H and O–H groups in total. The Morgan fingerprint density at radius 3 is 2.44 bits per heavy atom. The lowest BCUT2D eigenvalue weighted by atomic mass is 10.1. The van der Waals surface area contributed by atoms with Crippen molar-refractivity contribution in [1.29, 1.82) is 0 Å². The van der Waals surface area contributed by atoms with E-state index in [4.69, 9.17) is 4.42 Å². The average molecular weight is 358 g/mol. The fraction of sp³-hybridized carbons (Fsp3) is 0.0909. The summed E-state index contributed by atoms with van der Waals surface area (Å²) in [7, 11) is 0. The fourth-order valence-electron chi connectivity index (χ4n) is 2.85. The van der Waals surface area contributed by atoms with E-state index < -0.39 is 0 Å². The molecule has 0 aliphatic heterocycles. The zero-order valence-electron chi connectivity index (χ0n) is 15.0. The third-order valence-electron chi connectivity index (χ3n) is 4.34. The van der Waals surface area contributed by atoms with Crippen molar-refractivity contribution in [3.8, 4) is 17.2 Å². The standard InChI is InChI=1S/C22H18N2O3/c1-13-3-6-15(7-4-13)21(26)23-16-8-9-17(19(25)12-16)22-24-18-11-14(2)5-10-20(18)27-22/h3-12,25H,1-2H3,(H,23,26). The second kappa shape index (κ2) is 6.61. The van der Waals surface area contributed by atoms with Gasteiger partial charge in [0.15, 0.2) is 5.58 Å². The molecule has 0 spiro atoms. The van der Waals surface area contributed by atoms with E-state index in [-0.39, 0.29) is 11.7 Å². The maximum Gasteiger partial charge on any atom is 0.255 e. The number of oxazole rings is 1. The predicted octanol–water partition coefficient (Wildman–Crippen LogP) is 5.07. The third kappa shape index (κ3) is 3.40. The number of aryl methyl sites for hydroxylation is 2. The summed E-state index contributed by atoms with van der Waals surface area (Å²) in [5.41, 5.74) is 5.08. The first-order valence-electron chi connectivity index (χ1n) is 8.58. The number of hydrogen-bond acceptors (Lipinski definition) is 4. The molecule has 0 unspecified atom stereocenters. The molecule has 4 aromatic rings. The first-order valence-corrected chi connectivity index (χ1v) is 8.58. The van der Waals surface area contributed by atoms with Gasteiger partial charge in [0, 0.05) is 17.3 Å². The number of fused-ring (bicyclic) bond motifs is 1. The number of carbonyl (C=O) groups is 1. The highest BCUT2D eigenvalue weighted by molar-refractivity contribution is 6.04. The third-order valence-corrected chi connectivity index (χ3v) is 4.34. The molecule has 1 aromatic heterocycles. The number of aromatic hydroxyl groups is 1. The number of rotatable bonds is 3. The summed E-state index contributed by atoms with van der Waals surface area (Å²) in [6, 6.07) is 17.9. The highest BCUT2D eigenvalue weighted by atomic mass is 16.3. The van der Waals surface area contributed by atoms with Crippen LogP contribution in [-0.2, 0) is 0 Å². The minimum Gasteiger partial charge on any atom is -0.507 e. The molecule has 0 fully saturated rings. The van der Waals surface area contributed by atoms with Crippen LogP contribution in [0.5, 0.6) is 5.75 Å². The molecule has 1 heterocycles. The quantitative estimate of drug-likeness (QED) is 0.536. The molecule has 0 aliphatic rings. The van der Waals surface area contributed by atoms with Crippen LogP contribution >= 0.6 is 0 Å². The number of hydrogen-bond donors (Lipinski definition) is 2. The van der Waals surface area contributed by atoms with Crippen molar-refractivity contribution in [2.24, 2.45) is 0 Å². The first kappa shape index (κ1) is 16.8. The predicted molar refractivity (Wildman–Crippen MR) is 105 cm³/mol. The summed E-state index contributed by atoms with van der Waals surface area (Å²) in [6.45, 7) is 3.95. The number of amides is 1. The van der Waals surface area contributed by atoms with Gasteiger partial charge in [-0.25, -0.2) is 4.98 Å². The van der Waals surface area contributed by atoms with Gasteiger partial charge in [0.1, 0.15) is 11.3 Å². The maximum absolute atomic E-state index is 12.3. The van der Waals surface area contributed by atoms with Crippen LogP contribution in [0.25, 0.3) is 22.6 Å². The Balaban J connectivity index is 1.60. The minimum atomic E-state index is -0.237. The van der Waals surface area contributed by atoms with E-state index >= 15 is 0 Å². The van der Waals surface area contributed by atoms with E-state index in [2.05, 4.69) is 10.3 Å². The van der Waals surface area contributed by atoms with Crippen molar-refractivity contribution in [3.63, 3.8) is 0 Å². The summed E-state index contributed by atoms with van der Waals surface area (Å²) in [4.78, 5) is 16.8. The topological polar surface area (TPSA) is 75.4 Å². The van der Waals surface area contributed by atoms with Crippen LogP contribution in [0.1, 0.15) is 21.5 Å². The van der Waals surface area contributed by atoms with E-state index in [1.165, 1.54) is 6.07 Å². The summed E-state index contributed by atoms with van der Waals surface area (Å²) in [5, 5.41) is 13.2. The van der Waals surface area contributed by atoms with Crippen molar-refractivity contribution >= 4 is 22.7 Å². The molecule has 3 aromatic carbocycles. The highest BCUT2D eigenvalue weighted by Gasteiger charge is 2.14. The van der Waals surface area contributed by atoms with Gasteiger partial charge in [-0.05, 0) is 55.8 Å². The van der Waals surface area contributed by atoms with Crippen molar-refractivity contribution in [1.82, 2.24) is 4.98 Å². The first-order chi connectivity index (χ1) is 13.0. The molecule has 134 valence electrons. The van der Waals surface area contributed by atoms with Gasteiger partial charge in [-0.1, -0.05) is 23.8 Å². The zero-order valence-corrected chi connectivity index (χ0v) is 15.0. The number of anilines is 1. The molecule has 27 heavy (non-hydrogen) atoms. The Bertz CT molecular complexity index is 1140. The van der Waals surface area contributed by atoms with Crippen molar-refractivity contribution in [2.45, 2.75) is 13.8 Å². The summed E-state index contributed by atoms with van der Waals surface area (Å²) in [5.74, 6) is 0.0870. The fourth-order valence-corrected chi connectivity index (χ4v) is 2.85. The van der Waals surface area contributed by atoms with E-state index in [1.54, 1.807) is 24.3 Å². The van der Waals surface area contributed by atoms with E-state index in [0.29, 0.717) is 28.3 Å². The van der Waals surface area contributed by atoms with E-state index in [9.17, 15) is 9.90 Å². The summed E-state index contributed by atoms with van der Waals surface area (Å²) >= 11 is 0. The molecule has 0 saturated heterocycles. The Morgan fingerprint density at radius 1 is 0.963 bits per heavy atom.